The molecule has 2 aromatic carbocycles. The summed E-state index contributed by atoms with van der Waals surface area (Å²) < 4.78 is 36.0. The Labute approximate surface area is 190 Å². The lowest BCUT2D eigenvalue weighted by molar-refractivity contribution is 0.181. The second-order valence-corrected chi connectivity index (χ2v) is 9.93. The van der Waals surface area contributed by atoms with Crippen LogP contribution in [0.15, 0.2) is 62.7 Å². The van der Waals surface area contributed by atoms with Crippen LogP contribution in [0.2, 0.25) is 0 Å². The lowest BCUT2D eigenvalue weighted by atomic mass is 10.2. The minimum atomic E-state index is -3.84. The van der Waals surface area contributed by atoms with Crippen molar-refractivity contribution in [3.8, 4) is 0 Å². The molecule has 0 spiro atoms. The van der Waals surface area contributed by atoms with Crippen molar-refractivity contribution >= 4 is 36.9 Å². The van der Waals surface area contributed by atoms with Crippen LogP contribution in [-0.4, -0.2) is 42.5 Å². The summed E-state index contributed by atoms with van der Waals surface area (Å²) in [7, 11) is -2.26. The lowest BCUT2D eigenvalue weighted by Crippen LogP contribution is -2.38. The second kappa shape index (κ2) is 10.0. The first-order chi connectivity index (χ1) is 14.8. The van der Waals surface area contributed by atoms with Gasteiger partial charge in [0, 0.05) is 31.3 Å². The average Bonchev–Trinajstić information content (AvgIpc) is 2.76. The SMILES string of the molecule is CCn1c(C(C)N(CCCOC)S(=O)(=O)c2ccc(Br)cc2)nc2ccccc2c1=O. The summed E-state index contributed by atoms with van der Waals surface area (Å²) in [4.78, 5) is 17.9. The molecule has 1 atom stereocenters. The number of para-hydroxylation sites is 1. The molecule has 7 nitrogen and oxygen atoms in total. The molecule has 0 saturated heterocycles. The zero-order chi connectivity index (χ0) is 22.6. The van der Waals surface area contributed by atoms with E-state index in [1.807, 2.05) is 13.0 Å². The van der Waals surface area contributed by atoms with Crippen molar-refractivity contribution in [1.82, 2.24) is 13.9 Å². The molecule has 0 radical (unpaired) electrons. The summed E-state index contributed by atoms with van der Waals surface area (Å²) in [6, 6.07) is 13.0. The first kappa shape index (κ1) is 23.6. The smallest absolute Gasteiger partial charge is 0.261 e. The van der Waals surface area contributed by atoms with Gasteiger partial charge in [-0.25, -0.2) is 13.4 Å². The van der Waals surface area contributed by atoms with Crippen molar-refractivity contribution in [1.29, 1.82) is 0 Å². The third-order valence-electron chi connectivity index (χ3n) is 5.16. The van der Waals surface area contributed by atoms with E-state index in [9.17, 15) is 13.2 Å². The van der Waals surface area contributed by atoms with Crippen molar-refractivity contribution in [2.45, 2.75) is 37.8 Å². The Balaban J connectivity index is 2.13. The molecule has 0 saturated carbocycles. The van der Waals surface area contributed by atoms with Crippen LogP contribution in [-0.2, 0) is 21.3 Å². The molecule has 1 aromatic heterocycles. The molecule has 0 aliphatic carbocycles. The van der Waals surface area contributed by atoms with Crippen molar-refractivity contribution < 1.29 is 13.2 Å². The minimum Gasteiger partial charge on any atom is -0.385 e. The summed E-state index contributed by atoms with van der Waals surface area (Å²) in [5, 5.41) is 0.516. The fraction of sp³-hybridized carbons (Fsp3) is 0.364. The number of ether oxygens (including phenoxy) is 1. The van der Waals surface area contributed by atoms with E-state index in [1.165, 1.54) is 4.31 Å². The zero-order valence-corrected chi connectivity index (χ0v) is 20.2. The van der Waals surface area contributed by atoms with Gasteiger partial charge in [-0.15, -0.1) is 0 Å². The maximum absolute atomic E-state index is 13.6. The van der Waals surface area contributed by atoms with E-state index in [4.69, 9.17) is 9.72 Å². The van der Waals surface area contributed by atoms with Crippen molar-refractivity contribution in [2.75, 3.05) is 20.3 Å². The van der Waals surface area contributed by atoms with Gasteiger partial charge in [0.2, 0.25) is 10.0 Å². The number of methoxy groups -OCH3 is 1. The van der Waals surface area contributed by atoms with E-state index in [0.717, 1.165) is 4.47 Å². The topological polar surface area (TPSA) is 81.5 Å². The molecule has 9 heteroatoms. The largest absolute Gasteiger partial charge is 0.385 e. The van der Waals surface area contributed by atoms with Gasteiger partial charge in [-0.05, 0) is 56.7 Å². The van der Waals surface area contributed by atoms with Crippen LogP contribution in [0.1, 0.15) is 32.1 Å². The van der Waals surface area contributed by atoms with Gasteiger partial charge in [-0.1, -0.05) is 28.1 Å². The number of benzene rings is 2. The van der Waals surface area contributed by atoms with Crippen molar-refractivity contribution in [3.05, 3.63) is 69.2 Å². The molecule has 3 rings (SSSR count). The number of sulfonamides is 1. The highest BCUT2D eigenvalue weighted by Gasteiger charge is 2.32. The van der Waals surface area contributed by atoms with Gasteiger partial charge in [0.1, 0.15) is 5.82 Å². The highest BCUT2D eigenvalue weighted by molar-refractivity contribution is 9.10. The summed E-state index contributed by atoms with van der Waals surface area (Å²) in [5.41, 5.74) is 0.379. The molecule has 0 fully saturated rings. The number of aromatic nitrogens is 2. The van der Waals surface area contributed by atoms with Crippen LogP contribution in [0.4, 0.5) is 0 Å². The van der Waals surface area contributed by atoms with E-state index in [1.54, 1.807) is 61.1 Å². The van der Waals surface area contributed by atoms with Crippen molar-refractivity contribution in [3.63, 3.8) is 0 Å². The maximum atomic E-state index is 13.6. The number of rotatable bonds is 9. The first-order valence-electron chi connectivity index (χ1n) is 10.1. The van der Waals surface area contributed by atoms with E-state index in [-0.39, 0.29) is 17.0 Å². The van der Waals surface area contributed by atoms with Gasteiger partial charge in [0.05, 0.1) is 21.8 Å². The highest BCUT2D eigenvalue weighted by atomic mass is 79.9. The first-order valence-corrected chi connectivity index (χ1v) is 12.3. The van der Waals surface area contributed by atoms with Gasteiger partial charge < -0.3 is 4.74 Å². The zero-order valence-electron chi connectivity index (χ0n) is 17.8. The Kier molecular flexibility index (Phi) is 7.64. The Morgan fingerprint density at radius 1 is 1.16 bits per heavy atom. The van der Waals surface area contributed by atoms with Crippen LogP contribution >= 0.6 is 15.9 Å². The molecule has 0 aliphatic heterocycles. The summed E-state index contributed by atoms with van der Waals surface area (Å²) >= 11 is 3.34. The molecule has 3 aromatic rings. The number of hydrogen-bond donors (Lipinski definition) is 0. The Morgan fingerprint density at radius 2 is 1.84 bits per heavy atom. The Hall–Kier alpha value is -2.07. The number of halogens is 1. The summed E-state index contributed by atoms with van der Waals surface area (Å²) in [6.07, 6.45) is 0.514. The van der Waals surface area contributed by atoms with Crippen LogP contribution in [0.5, 0.6) is 0 Å². The molecular formula is C22H26BrN3O4S. The van der Waals surface area contributed by atoms with Gasteiger partial charge in [-0.3, -0.25) is 9.36 Å². The molecule has 1 heterocycles. The van der Waals surface area contributed by atoms with Crippen molar-refractivity contribution in [2.24, 2.45) is 0 Å². The Bertz CT molecular complexity index is 1210. The van der Waals surface area contributed by atoms with Crippen LogP contribution in [0, 0.1) is 0 Å². The third kappa shape index (κ3) is 4.90. The highest BCUT2D eigenvalue weighted by Crippen LogP contribution is 2.28. The predicted octanol–water partition coefficient (Wildman–Crippen LogP) is 3.97. The Morgan fingerprint density at radius 3 is 2.48 bits per heavy atom. The number of fused-ring (bicyclic) bond motifs is 1. The molecule has 0 amide bonds. The van der Waals surface area contributed by atoms with E-state index < -0.39 is 16.1 Å². The standard InChI is InChI=1S/C22H26BrN3O4S/c1-4-25-21(24-20-9-6-5-8-19(20)22(25)27)16(2)26(14-7-15-30-3)31(28,29)18-12-10-17(23)11-13-18/h5-6,8-13,16H,4,7,14-15H2,1-3H3. The van der Waals surface area contributed by atoms with E-state index in [0.29, 0.717) is 36.3 Å². The molecule has 0 N–H and O–H groups in total. The lowest BCUT2D eigenvalue weighted by Gasteiger charge is -2.29. The summed E-state index contributed by atoms with van der Waals surface area (Å²) in [6.45, 7) is 4.67. The predicted molar refractivity (Wildman–Crippen MR) is 125 cm³/mol. The summed E-state index contributed by atoms with van der Waals surface area (Å²) in [5.74, 6) is 0.421. The molecule has 31 heavy (non-hydrogen) atoms. The normalized spacial score (nSPS) is 13.1. The van der Waals surface area contributed by atoms with Gasteiger partial charge in [-0.2, -0.15) is 4.31 Å². The number of nitrogens with zero attached hydrogens (tertiary/aromatic N) is 3. The monoisotopic (exact) mass is 507 g/mol. The third-order valence-corrected chi connectivity index (χ3v) is 7.67. The fourth-order valence-corrected chi connectivity index (χ4v) is 5.46. The van der Waals surface area contributed by atoms with Crippen LogP contribution in [0.25, 0.3) is 10.9 Å². The molecule has 166 valence electrons. The van der Waals surface area contributed by atoms with Gasteiger partial charge in [0.25, 0.3) is 5.56 Å². The average molecular weight is 508 g/mol. The van der Waals surface area contributed by atoms with Crippen LogP contribution < -0.4 is 5.56 Å². The molecule has 0 bridgehead atoms. The van der Waals surface area contributed by atoms with Gasteiger partial charge >= 0.3 is 0 Å². The second-order valence-electron chi connectivity index (χ2n) is 7.13. The van der Waals surface area contributed by atoms with E-state index >= 15 is 0 Å². The quantitative estimate of drug-likeness (QED) is 0.409. The van der Waals surface area contributed by atoms with Crippen LogP contribution in [0.3, 0.4) is 0 Å². The molecular weight excluding hydrogens is 482 g/mol. The number of hydrogen-bond acceptors (Lipinski definition) is 5. The van der Waals surface area contributed by atoms with Gasteiger partial charge in [0.15, 0.2) is 0 Å². The minimum absolute atomic E-state index is 0.173. The fourth-order valence-electron chi connectivity index (χ4n) is 3.57. The van der Waals surface area contributed by atoms with E-state index in [2.05, 4.69) is 15.9 Å². The molecule has 1 unspecified atom stereocenters. The maximum Gasteiger partial charge on any atom is 0.261 e. The molecule has 0 aliphatic rings.